The molecule has 1 aromatic heterocycles. The number of thiophene rings is 1. The van der Waals surface area contributed by atoms with E-state index >= 15 is 0 Å². The van der Waals surface area contributed by atoms with Gasteiger partial charge < -0.3 is 10.1 Å². The van der Waals surface area contributed by atoms with Crippen LogP contribution >= 0.6 is 11.3 Å². The number of nitrogens with one attached hydrogen (secondary N) is 1. The SMILES string of the molecule is COC1(CNC(=O)c2cc3ccccc3s2)Cc2ccccc2C1. The smallest absolute Gasteiger partial charge is 0.261 e. The maximum absolute atomic E-state index is 12.5. The normalized spacial score (nSPS) is 15.4. The number of hydrogen-bond acceptors (Lipinski definition) is 3. The molecule has 24 heavy (non-hydrogen) atoms. The van der Waals surface area contributed by atoms with Gasteiger partial charge in [-0.3, -0.25) is 4.79 Å². The van der Waals surface area contributed by atoms with Crippen LogP contribution in [0.25, 0.3) is 10.1 Å². The number of hydrogen-bond donors (Lipinski definition) is 1. The molecule has 1 aliphatic carbocycles. The number of ether oxygens (including phenoxy) is 1. The molecule has 0 saturated carbocycles. The first-order chi connectivity index (χ1) is 11.7. The molecule has 0 spiro atoms. The Morgan fingerprint density at radius 3 is 2.46 bits per heavy atom. The Labute approximate surface area is 145 Å². The summed E-state index contributed by atoms with van der Waals surface area (Å²) in [4.78, 5) is 13.3. The topological polar surface area (TPSA) is 38.3 Å². The predicted octanol–water partition coefficient (Wildman–Crippen LogP) is 3.82. The minimum Gasteiger partial charge on any atom is -0.376 e. The molecule has 0 saturated heterocycles. The minimum absolute atomic E-state index is 0.0245. The molecule has 1 heterocycles. The van der Waals surface area contributed by atoms with Gasteiger partial charge in [-0.05, 0) is 28.6 Å². The molecule has 4 heteroatoms. The van der Waals surface area contributed by atoms with Crippen molar-refractivity contribution in [3.8, 4) is 0 Å². The zero-order chi connectivity index (χ0) is 16.6. The highest BCUT2D eigenvalue weighted by molar-refractivity contribution is 7.20. The Morgan fingerprint density at radius 1 is 1.12 bits per heavy atom. The molecule has 1 N–H and O–H groups in total. The molecule has 2 aromatic carbocycles. The highest BCUT2D eigenvalue weighted by Crippen LogP contribution is 2.32. The fourth-order valence-electron chi connectivity index (χ4n) is 3.42. The summed E-state index contributed by atoms with van der Waals surface area (Å²) in [6.07, 6.45) is 1.68. The van der Waals surface area contributed by atoms with Gasteiger partial charge in [0.25, 0.3) is 5.91 Å². The van der Waals surface area contributed by atoms with Crippen LogP contribution in [0.1, 0.15) is 20.8 Å². The van der Waals surface area contributed by atoms with Crippen molar-refractivity contribution in [2.45, 2.75) is 18.4 Å². The lowest BCUT2D eigenvalue weighted by Crippen LogP contribution is -2.45. The lowest BCUT2D eigenvalue weighted by Gasteiger charge is -2.27. The van der Waals surface area contributed by atoms with Crippen LogP contribution in [-0.4, -0.2) is 25.2 Å². The first kappa shape index (κ1) is 15.4. The summed E-state index contributed by atoms with van der Waals surface area (Å²) >= 11 is 1.53. The van der Waals surface area contributed by atoms with E-state index in [2.05, 4.69) is 29.6 Å². The van der Waals surface area contributed by atoms with Crippen LogP contribution in [0, 0.1) is 0 Å². The highest BCUT2D eigenvalue weighted by atomic mass is 32.1. The highest BCUT2D eigenvalue weighted by Gasteiger charge is 2.37. The van der Waals surface area contributed by atoms with Crippen LogP contribution in [0.15, 0.2) is 54.6 Å². The van der Waals surface area contributed by atoms with E-state index in [1.807, 2.05) is 30.3 Å². The van der Waals surface area contributed by atoms with Gasteiger partial charge >= 0.3 is 0 Å². The molecule has 1 amide bonds. The number of carbonyl (C=O) groups is 1. The van der Waals surface area contributed by atoms with Crippen LogP contribution in [0.5, 0.6) is 0 Å². The monoisotopic (exact) mass is 337 g/mol. The second-order valence-electron chi connectivity index (χ2n) is 6.34. The summed E-state index contributed by atoms with van der Waals surface area (Å²) in [5.74, 6) is -0.0245. The lowest BCUT2D eigenvalue weighted by molar-refractivity contribution is 0.000210. The molecule has 3 nitrogen and oxygen atoms in total. The number of carbonyl (C=O) groups excluding carboxylic acids is 1. The Balaban J connectivity index is 1.48. The van der Waals surface area contributed by atoms with Crippen LogP contribution in [0.4, 0.5) is 0 Å². The fourth-order valence-corrected chi connectivity index (χ4v) is 4.40. The Morgan fingerprint density at radius 2 is 1.79 bits per heavy atom. The zero-order valence-corrected chi connectivity index (χ0v) is 14.4. The standard InChI is InChI=1S/C20H19NO2S/c1-23-20(11-15-7-2-3-8-16(15)12-20)13-21-19(22)18-10-14-6-4-5-9-17(14)24-18/h2-10H,11-13H2,1H3,(H,21,22). The maximum atomic E-state index is 12.5. The van der Waals surface area contributed by atoms with Gasteiger partial charge in [-0.2, -0.15) is 0 Å². The second-order valence-corrected chi connectivity index (χ2v) is 7.42. The van der Waals surface area contributed by atoms with E-state index in [0.29, 0.717) is 6.54 Å². The molecular weight excluding hydrogens is 318 g/mol. The number of fused-ring (bicyclic) bond motifs is 2. The van der Waals surface area contributed by atoms with E-state index < -0.39 is 0 Å². The molecule has 0 fully saturated rings. The third-order valence-electron chi connectivity index (χ3n) is 4.80. The van der Waals surface area contributed by atoms with Gasteiger partial charge in [0, 0.05) is 31.2 Å². The van der Waals surface area contributed by atoms with E-state index in [1.54, 1.807) is 7.11 Å². The summed E-state index contributed by atoms with van der Waals surface area (Å²) in [6.45, 7) is 0.519. The average molecular weight is 337 g/mol. The molecule has 0 bridgehead atoms. The van der Waals surface area contributed by atoms with E-state index in [4.69, 9.17) is 4.74 Å². The van der Waals surface area contributed by atoms with Crippen molar-refractivity contribution in [1.82, 2.24) is 5.32 Å². The first-order valence-electron chi connectivity index (χ1n) is 8.08. The maximum Gasteiger partial charge on any atom is 0.261 e. The van der Waals surface area contributed by atoms with Crippen molar-refractivity contribution in [2.24, 2.45) is 0 Å². The first-order valence-corrected chi connectivity index (χ1v) is 8.89. The number of amides is 1. The van der Waals surface area contributed by atoms with E-state index in [1.165, 1.54) is 22.5 Å². The quantitative estimate of drug-likeness (QED) is 0.786. The number of rotatable bonds is 4. The molecule has 0 aliphatic heterocycles. The molecule has 1 aliphatic rings. The molecular formula is C20H19NO2S. The summed E-state index contributed by atoms with van der Waals surface area (Å²) < 4.78 is 6.95. The van der Waals surface area contributed by atoms with E-state index in [-0.39, 0.29) is 11.5 Å². The molecule has 0 radical (unpaired) electrons. The van der Waals surface area contributed by atoms with Crippen LogP contribution < -0.4 is 5.32 Å². The Bertz CT molecular complexity index is 841. The van der Waals surface area contributed by atoms with Gasteiger partial charge in [-0.1, -0.05) is 42.5 Å². The van der Waals surface area contributed by atoms with Crippen molar-refractivity contribution in [1.29, 1.82) is 0 Å². The van der Waals surface area contributed by atoms with Gasteiger partial charge in [0.05, 0.1) is 10.5 Å². The van der Waals surface area contributed by atoms with Crippen molar-refractivity contribution in [2.75, 3.05) is 13.7 Å². The van der Waals surface area contributed by atoms with E-state index in [0.717, 1.165) is 27.8 Å². The average Bonchev–Trinajstić information content (AvgIpc) is 3.21. The van der Waals surface area contributed by atoms with Gasteiger partial charge in [-0.25, -0.2) is 0 Å². The summed E-state index contributed by atoms with van der Waals surface area (Å²) in [5, 5.41) is 4.19. The lowest BCUT2D eigenvalue weighted by atomic mass is 10.00. The van der Waals surface area contributed by atoms with Gasteiger partial charge in [0.1, 0.15) is 0 Å². The number of methoxy groups -OCH3 is 1. The summed E-state index contributed by atoms with van der Waals surface area (Å²) in [6, 6.07) is 18.4. The molecule has 3 aromatic rings. The molecule has 4 rings (SSSR count). The fraction of sp³-hybridized carbons (Fsp3) is 0.250. The zero-order valence-electron chi connectivity index (χ0n) is 13.5. The van der Waals surface area contributed by atoms with E-state index in [9.17, 15) is 4.79 Å². The van der Waals surface area contributed by atoms with Gasteiger partial charge in [0.2, 0.25) is 0 Å². The molecule has 0 atom stereocenters. The predicted molar refractivity (Wildman–Crippen MR) is 97.7 cm³/mol. The second kappa shape index (κ2) is 6.04. The van der Waals surface area contributed by atoms with Crippen molar-refractivity contribution < 1.29 is 9.53 Å². The van der Waals surface area contributed by atoms with Crippen LogP contribution in [0.2, 0.25) is 0 Å². The summed E-state index contributed by atoms with van der Waals surface area (Å²) in [7, 11) is 1.73. The molecule has 122 valence electrons. The summed E-state index contributed by atoms with van der Waals surface area (Å²) in [5.41, 5.74) is 2.29. The third-order valence-corrected chi connectivity index (χ3v) is 5.91. The van der Waals surface area contributed by atoms with Crippen molar-refractivity contribution in [3.63, 3.8) is 0 Å². The third kappa shape index (κ3) is 2.72. The van der Waals surface area contributed by atoms with Gasteiger partial charge in [0.15, 0.2) is 0 Å². The minimum atomic E-state index is -0.337. The largest absolute Gasteiger partial charge is 0.376 e. The van der Waals surface area contributed by atoms with Crippen molar-refractivity contribution >= 4 is 27.3 Å². The van der Waals surface area contributed by atoms with Crippen LogP contribution in [0.3, 0.4) is 0 Å². The van der Waals surface area contributed by atoms with Crippen LogP contribution in [-0.2, 0) is 17.6 Å². The Hall–Kier alpha value is -2.17. The number of benzene rings is 2. The molecule has 0 unspecified atom stereocenters. The van der Waals surface area contributed by atoms with Gasteiger partial charge in [-0.15, -0.1) is 11.3 Å². The Kier molecular flexibility index (Phi) is 3.87. The van der Waals surface area contributed by atoms with Crippen molar-refractivity contribution in [3.05, 3.63) is 70.6 Å².